The van der Waals surface area contributed by atoms with Crippen LogP contribution in [0.4, 0.5) is 0 Å². The van der Waals surface area contributed by atoms with E-state index in [9.17, 15) is 4.79 Å². The number of benzene rings is 1. The fraction of sp³-hybridized carbons (Fsp3) is 0.333. The molecule has 4 nitrogen and oxygen atoms in total. The van der Waals surface area contributed by atoms with Gasteiger partial charge in [-0.3, -0.25) is 14.2 Å². The standard InChI is InChI=1S/C15H15N3O/c1-8-6-11-13(7-9(8)2)18-12-5-3-4-10(12)14(19)17-15(18)16-11/h6-7H,3-5H2,1-2H3,(H,16,17,19). The molecule has 1 aliphatic rings. The number of aromatic nitrogens is 3. The first-order valence-electron chi connectivity index (χ1n) is 6.68. The van der Waals surface area contributed by atoms with E-state index >= 15 is 0 Å². The van der Waals surface area contributed by atoms with Gasteiger partial charge < -0.3 is 0 Å². The van der Waals surface area contributed by atoms with Crippen molar-refractivity contribution in [3.8, 4) is 0 Å². The molecule has 0 fully saturated rings. The van der Waals surface area contributed by atoms with Crippen molar-refractivity contribution in [1.82, 2.24) is 14.4 Å². The van der Waals surface area contributed by atoms with Gasteiger partial charge in [0.05, 0.1) is 11.0 Å². The van der Waals surface area contributed by atoms with E-state index in [1.54, 1.807) is 0 Å². The van der Waals surface area contributed by atoms with E-state index in [0.717, 1.165) is 41.6 Å². The van der Waals surface area contributed by atoms with Crippen LogP contribution in [0.25, 0.3) is 16.8 Å². The van der Waals surface area contributed by atoms with Crippen LogP contribution >= 0.6 is 0 Å². The molecule has 2 heterocycles. The molecule has 0 spiro atoms. The van der Waals surface area contributed by atoms with Gasteiger partial charge in [0.1, 0.15) is 0 Å². The van der Waals surface area contributed by atoms with Crippen LogP contribution in [0.2, 0.25) is 0 Å². The molecule has 0 amide bonds. The molecule has 19 heavy (non-hydrogen) atoms. The highest BCUT2D eigenvalue weighted by atomic mass is 16.1. The Morgan fingerprint density at radius 1 is 1.21 bits per heavy atom. The molecule has 1 aliphatic carbocycles. The number of aromatic amines is 1. The Morgan fingerprint density at radius 2 is 2.00 bits per heavy atom. The van der Waals surface area contributed by atoms with Crippen molar-refractivity contribution >= 4 is 16.8 Å². The number of hydrogen-bond donors (Lipinski definition) is 1. The van der Waals surface area contributed by atoms with E-state index in [1.807, 2.05) is 0 Å². The lowest BCUT2D eigenvalue weighted by atomic mass is 10.1. The second-order valence-electron chi connectivity index (χ2n) is 5.43. The second-order valence-corrected chi connectivity index (χ2v) is 5.43. The Balaban J connectivity index is 2.26. The minimum Gasteiger partial charge on any atom is -0.292 e. The number of imidazole rings is 1. The van der Waals surface area contributed by atoms with Gasteiger partial charge in [-0.2, -0.15) is 0 Å². The number of aryl methyl sites for hydroxylation is 3. The first-order chi connectivity index (χ1) is 9.15. The van der Waals surface area contributed by atoms with E-state index < -0.39 is 0 Å². The van der Waals surface area contributed by atoms with Crippen molar-refractivity contribution in [3.05, 3.63) is 44.9 Å². The summed E-state index contributed by atoms with van der Waals surface area (Å²) in [6, 6.07) is 4.26. The highest BCUT2D eigenvalue weighted by Gasteiger charge is 2.20. The van der Waals surface area contributed by atoms with Crippen molar-refractivity contribution in [2.24, 2.45) is 0 Å². The summed E-state index contributed by atoms with van der Waals surface area (Å²) in [5.74, 6) is 0.672. The molecule has 0 aliphatic heterocycles. The number of nitrogens with zero attached hydrogens (tertiary/aromatic N) is 2. The Morgan fingerprint density at radius 3 is 2.84 bits per heavy atom. The van der Waals surface area contributed by atoms with Crippen LogP contribution in [0, 0.1) is 13.8 Å². The molecule has 4 rings (SSSR count). The summed E-state index contributed by atoms with van der Waals surface area (Å²) in [6.45, 7) is 4.20. The predicted molar refractivity (Wildman–Crippen MR) is 74.8 cm³/mol. The van der Waals surface area contributed by atoms with E-state index in [1.165, 1.54) is 11.1 Å². The van der Waals surface area contributed by atoms with Crippen LogP contribution in [-0.2, 0) is 12.8 Å². The van der Waals surface area contributed by atoms with Crippen LogP contribution in [-0.4, -0.2) is 14.4 Å². The topological polar surface area (TPSA) is 50.2 Å². The summed E-state index contributed by atoms with van der Waals surface area (Å²) < 4.78 is 2.13. The third kappa shape index (κ3) is 1.34. The Labute approximate surface area is 110 Å². The van der Waals surface area contributed by atoms with Gasteiger partial charge in [-0.1, -0.05) is 0 Å². The molecule has 0 bridgehead atoms. The number of hydrogen-bond acceptors (Lipinski definition) is 2. The lowest BCUT2D eigenvalue weighted by Crippen LogP contribution is -2.15. The zero-order chi connectivity index (χ0) is 13.1. The molecule has 0 atom stereocenters. The molecule has 2 aromatic heterocycles. The Kier molecular flexibility index (Phi) is 1.97. The van der Waals surface area contributed by atoms with Crippen molar-refractivity contribution in [2.75, 3.05) is 0 Å². The summed E-state index contributed by atoms with van der Waals surface area (Å²) in [6.07, 6.45) is 2.90. The second kappa shape index (κ2) is 3.47. The maximum atomic E-state index is 12.0. The number of nitrogens with one attached hydrogen (secondary N) is 1. The summed E-state index contributed by atoms with van der Waals surface area (Å²) in [5.41, 5.74) is 6.66. The van der Waals surface area contributed by atoms with Gasteiger partial charge in [-0.15, -0.1) is 0 Å². The number of rotatable bonds is 0. The van der Waals surface area contributed by atoms with Crippen LogP contribution < -0.4 is 5.56 Å². The van der Waals surface area contributed by atoms with Crippen molar-refractivity contribution in [1.29, 1.82) is 0 Å². The SMILES string of the molecule is Cc1cc2nc3[nH]c(=O)c4c(n3c2cc1C)CCC4. The molecule has 0 saturated carbocycles. The highest BCUT2D eigenvalue weighted by Crippen LogP contribution is 2.25. The normalized spacial score (nSPS) is 14.4. The van der Waals surface area contributed by atoms with Gasteiger partial charge >= 0.3 is 0 Å². The lowest BCUT2D eigenvalue weighted by Gasteiger charge is -2.05. The van der Waals surface area contributed by atoms with Gasteiger partial charge in [0.15, 0.2) is 0 Å². The van der Waals surface area contributed by atoms with Crippen molar-refractivity contribution in [3.63, 3.8) is 0 Å². The minimum atomic E-state index is 0.0313. The first-order valence-corrected chi connectivity index (χ1v) is 6.68. The predicted octanol–water partition coefficient (Wildman–Crippen LogP) is 2.28. The molecule has 3 aromatic rings. The zero-order valence-electron chi connectivity index (χ0n) is 11.1. The van der Waals surface area contributed by atoms with Gasteiger partial charge in [0.2, 0.25) is 5.78 Å². The summed E-state index contributed by atoms with van der Waals surface area (Å²) in [5, 5.41) is 0. The third-order valence-electron chi connectivity index (χ3n) is 4.23. The molecule has 1 N–H and O–H groups in total. The quantitative estimate of drug-likeness (QED) is 0.668. The van der Waals surface area contributed by atoms with Crippen molar-refractivity contribution < 1.29 is 0 Å². The monoisotopic (exact) mass is 253 g/mol. The fourth-order valence-corrected chi connectivity index (χ4v) is 3.09. The van der Waals surface area contributed by atoms with Crippen LogP contribution in [0.5, 0.6) is 0 Å². The maximum absolute atomic E-state index is 12.0. The summed E-state index contributed by atoms with van der Waals surface area (Å²) in [7, 11) is 0. The van der Waals surface area contributed by atoms with Gasteiger partial charge in [-0.05, 0) is 56.4 Å². The maximum Gasteiger partial charge on any atom is 0.255 e. The van der Waals surface area contributed by atoms with E-state index in [2.05, 4.69) is 40.3 Å². The Hall–Kier alpha value is -2.10. The molecule has 96 valence electrons. The molecule has 0 unspecified atom stereocenters. The van der Waals surface area contributed by atoms with E-state index in [-0.39, 0.29) is 5.56 Å². The molecule has 0 saturated heterocycles. The largest absolute Gasteiger partial charge is 0.292 e. The summed E-state index contributed by atoms with van der Waals surface area (Å²) in [4.78, 5) is 19.5. The zero-order valence-corrected chi connectivity index (χ0v) is 11.1. The molecule has 4 heteroatoms. The smallest absolute Gasteiger partial charge is 0.255 e. The Bertz CT molecular complexity index is 886. The highest BCUT2D eigenvalue weighted by molar-refractivity contribution is 5.81. The van der Waals surface area contributed by atoms with Crippen LogP contribution in [0.15, 0.2) is 16.9 Å². The average Bonchev–Trinajstić information content (AvgIpc) is 2.94. The first kappa shape index (κ1) is 10.8. The molecule has 1 aromatic carbocycles. The number of fused-ring (bicyclic) bond motifs is 5. The number of H-pyrrole nitrogens is 1. The van der Waals surface area contributed by atoms with Gasteiger partial charge in [0.25, 0.3) is 5.56 Å². The average molecular weight is 253 g/mol. The summed E-state index contributed by atoms with van der Waals surface area (Å²) >= 11 is 0. The van der Waals surface area contributed by atoms with E-state index in [0.29, 0.717) is 5.78 Å². The minimum absolute atomic E-state index is 0.0313. The molecule has 0 radical (unpaired) electrons. The van der Waals surface area contributed by atoms with E-state index in [4.69, 9.17) is 0 Å². The molecular formula is C15H15N3O. The van der Waals surface area contributed by atoms with Crippen LogP contribution in [0.3, 0.4) is 0 Å². The lowest BCUT2D eigenvalue weighted by molar-refractivity contribution is 0.892. The van der Waals surface area contributed by atoms with Crippen LogP contribution in [0.1, 0.15) is 28.8 Å². The van der Waals surface area contributed by atoms with Crippen molar-refractivity contribution in [2.45, 2.75) is 33.1 Å². The third-order valence-corrected chi connectivity index (χ3v) is 4.23. The molecular weight excluding hydrogens is 238 g/mol. The fourth-order valence-electron chi connectivity index (χ4n) is 3.09. The van der Waals surface area contributed by atoms with Gasteiger partial charge in [0, 0.05) is 11.3 Å². The van der Waals surface area contributed by atoms with Gasteiger partial charge in [-0.25, -0.2) is 4.98 Å².